The predicted octanol–water partition coefficient (Wildman–Crippen LogP) is 2.26. The molecule has 0 aliphatic carbocycles. The second-order valence-corrected chi connectivity index (χ2v) is 4.52. The van der Waals surface area contributed by atoms with Gasteiger partial charge in [0.1, 0.15) is 12.4 Å². The van der Waals surface area contributed by atoms with Crippen molar-refractivity contribution >= 4 is 6.09 Å². The van der Waals surface area contributed by atoms with Gasteiger partial charge in [-0.3, -0.25) is 0 Å². The third kappa shape index (κ3) is 6.10. The molecule has 1 atom stereocenters. The van der Waals surface area contributed by atoms with Crippen molar-refractivity contribution in [3.8, 4) is 5.75 Å². The highest BCUT2D eigenvalue weighted by molar-refractivity contribution is 5.64. The molecule has 0 saturated heterocycles. The van der Waals surface area contributed by atoms with Gasteiger partial charge >= 0.3 is 6.09 Å². The van der Waals surface area contributed by atoms with Crippen LogP contribution in [0.25, 0.3) is 0 Å². The summed E-state index contributed by atoms with van der Waals surface area (Å²) >= 11 is 0. The number of amides is 1. The maximum atomic E-state index is 10.8. The Kier molecular flexibility index (Phi) is 6.15. The van der Waals surface area contributed by atoms with Crippen LogP contribution >= 0.6 is 0 Å². The molecular formula is C14H21NO4. The van der Waals surface area contributed by atoms with Gasteiger partial charge in [-0.2, -0.15) is 0 Å². The van der Waals surface area contributed by atoms with Crippen LogP contribution in [0.4, 0.5) is 4.79 Å². The van der Waals surface area contributed by atoms with Crippen molar-refractivity contribution in [1.29, 1.82) is 0 Å². The van der Waals surface area contributed by atoms with E-state index < -0.39 is 12.2 Å². The molecule has 19 heavy (non-hydrogen) atoms. The number of benzene rings is 1. The van der Waals surface area contributed by atoms with Crippen molar-refractivity contribution in [3.05, 3.63) is 29.8 Å². The molecule has 1 rings (SSSR count). The second kappa shape index (κ2) is 7.63. The molecule has 0 fully saturated rings. The average molecular weight is 267 g/mol. The van der Waals surface area contributed by atoms with Crippen molar-refractivity contribution < 1.29 is 19.0 Å². The number of para-hydroxylation sites is 1. The summed E-state index contributed by atoms with van der Waals surface area (Å²) in [7, 11) is 0. The Bertz CT molecular complexity index is 406. The van der Waals surface area contributed by atoms with E-state index in [0.29, 0.717) is 0 Å². The van der Waals surface area contributed by atoms with Gasteiger partial charge < -0.3 is 19.9 Å². The van der Waals surface area contributed by atoms with Crippen LogP contribution in [0.5, 0.6) is 5.75 Å². The monoisotopic (exact) mass is 267 g/mol. The van der Waals surface area contributed by atoms with Crippen molar-refractivity contribution in [2.45, 2.75) is 33.0 Å². The van der Waals surface area contributed by atoms with Gasteiger partial charge in [0.05, 0.1) is 12.7 Å². The van der Waals surface area contributed by atoms with E-state index in [4.69, 9.17) is 19.9 Å². The molecule has 0 saturated carbocycles. The van der Waals surface area contributed by atoms with E-state index in [1.54, 1.807) is 0 Å². The van der Waals surface area contributed by atoms with Crippen LogP contribution in [0.1, 0.15) is 19.4 Å². The molecule has 0 radical (unpaired) electrons. The molecule has 1 aromatic carbocycles. The molecule has 1 amide bonds. The lowest BCUT2D eigenvalue weighted by molar-refractivity contribution is -0.0193. The van der Waals surface area contributed by atoms with Crippen LogP contribution in [0, 0.1) is 6.92 Å². The standard InChI is InChI=1S/C14H21NO4/c1-10(2)17-8-12(19-14(15)16)9-18-13-7-5-4-6-11(13)3/h4-7,10,12H,8-9H2,1-3H3,(H2,15,16). The Morgan fingerprint density at radius 3 is 2.53 bits per heavy atom. The van der Waals surface area contributed by atoms with E-state index in [1.165, 1.54) is 0 Å². The van der Waals surface area contributed by atoms with E-state index in [1.807, 2.05) is 45.0 Å². The fraction of sp³-hybridized carbons (Fsp3) is 0.500. The van der Waals surface area contributed by atoms with Gasteiger partial charge in [0.2, 0.25) is 0 Å². The Morgan fingerprint density at radius 2 is 1.95 bits per heavy atom. The van der Waals surface area contributed by atoms with Crippen LogP contribution in [0.15, 0.2) is 24.3 Å². The summed E-state index contributed by atoms with van der Waals surface area (Å²) in [5.74, 6) is 0.755. The van der Waals surface area contributed by atoms with Crippen molar-refractivity contribution in [1.82, 2.24) is 0 Å². The second-order valence-electron chi connectivity index (χ2n) is 4.52. The van der Waals surface area contributed by atoms with E-state index in [9.17, 15) is 4.79 Å². The minimum absolute atomic E-state index is 0.0532. The van der Waals surface area contributed by atoms with Crippen LogP contribution in [-0.2, 0) is 9.47 Å². The first-order valence-electron chi connectivity index (χ1n) is 6.25. The normalized spacial score (nSPS) is 12.2. The molecule has 0 aliphatic rings. The van der Waals surface area contributed by atoms with Crippen LogP contribution in [0.3, 0.4) is 0 Å². The lowest BCUT2D eigenvalue weighted by Crippen LogP contribution is -2.33. The highest BCUT2D eigenvalue weighted by atomic mass is 16.6. The molecule has 0 aromatic heterocycles. The smallest absolute Gasteiger partial charge is 0.404 e. The summed E-state index contributed by atoms with van der Waals surface area (Å²) in [4.78, 5) is 10.8. The molecule has 0 aliphatic heterocycles. The number of nitrogens with two attached hydrogens (primary N) is 1. The first-order valence-corrected chi connectivity index (χ1v) is 6.25. The van der Waals surface area contributed by atoms with Crippen molar-refractivity contribution in [2.75, 3.05) is 13.2 Å². The molecule has 0 spiro atoms. The fourth-order valence-electron chi connectivity index (χ4n) is 1.48. The van der Waals surface area contributed by atoms with Gasteiger partial charge in [0, 0.05) is 0 Å². The van der Waals surface area contributed by atoms with Crippen LogP contribution in [-0.4, -0.2) is 31.5 Å². The molecule has 5 nitrogen and oxygen atoms in total. The highest BCUT2D eigenvalue weighted by Gasteiger charge is 2.15. The molecule has 5 heteroatoms. The van der Waals surface area contributed by atoms with Gasteiger partial charge in [-0.25, -0.2) is 4.79 Å². The zero-order valence-electron chi connectivity index (χ0n) is 11.6. The minimum atomic E-state index is -0.828. The number of aryl methyl sites for hydroxylation is 1. The third-order valence-electron chi connectivity index (χ3n) is 2.42. The topological polar surface area (TPSA) is 70.8 Å². The molecule has 106 valence electrons. The number of carbonyl (C=O) groups is 1. The van der Waals surface area contributed by atoms with Crippen LogP contribution in [0.2, 0.25) is 0 Å². The number of ether oxygens (including phenoxy) is 3. The van der Waals surface area contributed by atoms with E-state index in [0.717, 1.165) is 11.3 Å². The minimum Gasteiger partial charge on any atom is -0.489 e. The first-order chi connectivity index (χ1) is 8.99. The zero-order chi connectivity index (χ0) is 14.3. The van der Waals surface area contributed by atoms with Gasteiger partial charge in [-0.1, -0.05) is 18.2 Å². The lowest BCUT2D eigenvalue weighted by Gasteiger charge is -2.19. The maximum absolute atomic E-state index is 10.8. The Morgan fingerprint density at radius 1 is 1.26 bits per heavy atom. The SMILES string of the molecule is Cc1ccccc1OCC(COC(C)C)OC(N)=O. The highest BCUT2D eigenvalue weighted by Crippen LogP contribution is 2.16. The largest absolute Gasteiger partial charge is 0.489 e. The van der Waals surface area contributed by atoms with Gasteiger partial charge in [-0.05, 0) is 32.4 Å². The van der Waals surface area contributed by atoms with Crippen LogP contribution < -0.4 is 10.5 Å². The van der Waals surface area contributed by atoms with Crippen molar-refractivity contribution in [2.24, 2.45) is 5.73 Å². The first kappa shape index (κ1) is 15.3. The molecule has 0 bridgehead atoms. The van der Waals surface area contributed by atoms with E-state index >= 15 is 0 Å². The molecular weight excluding hydrogens is 246 g/mol. The Labute approximate surface area is 113 Å². The summed E-state index contributed by atoms with van der Waals surface area (Å²) < 4.78 is 16.0. The molecule has 1 aromatic rings. The quantitative estimate of drug-likeness (QED) is 0.822. The predicted molar refractivity (Wildman–Crippen MR) is 72.2 cm³/mol. The maximum Gasteiger partial charge on any atom is 0.404 e. The average Bonchev–Trinajstić information content (AvgIpc) is 2.33. The van der Waals surface area contributed by atoms with Gasteiger partial charge in [-0.15, -0.1) is 0 Å². The van der Waals surface area contributed by atoms with E-state index in [-0.39, 0.29) is 19.3 Å². The lowest BCUT2D eigenvalue weighted by atomic mass is 10.2. The number of primary amides is 1. The molecule has 0 heterocycles. The number of carbonyl (C=O) groups excluding carboxylic acids is 1. The third-order valence-corrected chi connectivity index (χ3v) is 2.42. The van der Waals surface area contributed by atoms with Gasteiger partial charge in [0.25, 0.3) is 0 Å². The number of rotatable bonds is 7. The molecule has 2 N–H and O–H groups in total. The zero-order valence-corrected chi connectivity index (χ0v) is 11.6. The summed E-state index contributed by atoms with van der Waals surface area (Å²) in [5.41, 5.74) is 6.04. The Balaban J connectivity index is 2.52. The molecule has 1 unspecified atom stereocenters. The number of hydrogen-bond donors (Lipinski definition) is 1. The summed E-state index contributed by atoms with van der Waals surface area (Å²) in [6, 6.07) is 7.63. The summed E-state index contributed by atoms with van der Waals surface area (Å²) in [6.07, 6.45) is -1.29. The number of hydrogen-bond acceptors (Lipinski definition) is 4. The van der Waals surface area contributed by atoms with Gasteiger partial charge in [0.15, 0.2) is 6.10 Å². The summed E-state index contributed by atoms with van der Waals surface area (Å²) in [5, 5.41) is 0. The van der Waals surface area contributed by atoms with Crippen molar-refractivity contribution in [3.63, 3.8) is 0 Å². The van der Waals surface area contributed by atoms with E-state index in [2.05, 4.69) is 0 Å². The summed E-state index contributed by atoms with van der Waals surface area (Å²) in [6.45, 7) is 6.23. The fourth-order valence-corrected chi connectivity index (χ4v) is 1.48. The Hall–Kier alpha value is -1.75.